The average molecular weight is 339 g/mol. The lowest BCUT2D eigenvalue weighted by atomic mass is 10.0. The first-order valence-corrected chi connectivity index (χ1v) is 9.02. The van der Waals surface area contributed by atoms with E-state index < -0.39 is 0 Å². The van der Waals surface area contributed by atoms with E-state index in [4.69, 9.17) is 4.74 Å². The highest BCUT2D eigenvalue weighted by Gasteiger charge is 2.06. The van der Waals surface area contributed by atoms with Gasteiger partial charge in [0.25, 0.3) is 5.91 Å². The van der Waals surface area contributed by atoms with Crippen molar-refractivity contribution in [2.75, 3.05) is 13.2 Å². The molecule has 0 aromatic heterocycles. The minimum absolute atomic E-state index is 0.0629. The number of carbonyl (C=O) groups excluding carboxylic acids is 1. The van der Waals surface area contributed by atoms with Crippen LogP contribution in [0.25, 0.3) is 0 Å². The van der Waals surface area contributed by atoms with Crippen molar-refractivity contribution in [3.63, 3.8) is 0 Å². The molecular weight excluding hydrogens is 310 g/mol. The number of hydrogen-bond donors (Lipinski definition) is 1. The number of aryl methyl sites for hydroxylation is 2. The van der Waals surface area contributed by atoms with Crippen LogP contribution in [-0.2, 0) is 11.2 Å². The summed E-state index contributed by atoms with van der Waals surface area (Å²) in [5, 5.41) is 2.92. The van der Waals surface area contributed by atoms with E-state index in [1.165, 1.54) is 16.7 Å². The highest BCUT2D eigenvalue weighted by atomic mass is 16.5. The second-order valence-electron chi connectivity index (χ2n) is 6.84. The molecule has 0 heterocycles. The van der Waals surface area contributed by atoms with Gasteiger partial charge in [-0.3, -0.25) is 4.79 Å². The zero-order valence-electron chi connectivity index (χ0n) is 15.8. The first-order valence-electron chi connectivity index (χ1n) is 9.02. The van der Waals surface area contributed by atoms with Gasteiger partial charge < -0.3 is 10.1 Å². The van der Waals surface area contributed by atoms with Crippen molar-refractivity contribution in [1.29, 1.82) is 0 Å². The number of amides is 1. The summed E-state index contributed by atoms with van der Waals surface area (Å²) in [6, 6.07) is 14.6. The van der Waals surface area contributed by atoms with E-state index >= 15 is 0 Å². The molecule has 0 radical (unpaired) electrons. The molecule has 3 nitrogen and oxygen atoms in total. The molecule has 2 aromatic carbocycles. The van der Waals surface area contributed by atoms with Gasteiger partial charge in [0.05, 0.1) is 0 Å². The van der Waals surface area contributed by atoms with Crippen LogP contribution in [0.2, 0.25) is 0 Å². The van der Waals surface area contributed by atoms with Crippen molar-refractivity contribution in [2.24, 2.45) is 0 Å². The van der Waals surface area contributed by atoms with Crippen molar-refractivity contribution in [1.82, 2.24) is 5.32 Å². The van der Waals surface area contributed by atoms with Crippen molar-refractivity contribution in [2.45, 2.75) is 46.5 Å². The molecular formula is C22H29NO2. The summed E-state index contributed by atoms with van der Waals surface area (Å²) in [7, 11) is 0. The van der Waals surface area contributed by atoms with Gasteiger partial charge >= 0.3 is 0 Å². The molecule has 1 N–H and O–H groups in total. The van der Waals surface area contributed by atoms with Gasteiger partial charge in [0.15, 0.2) is 6.61 Å². The molecule has 134 valence electrons. The van der Waals surface area contributed by atoms with Gasteiger partial charge in [-0.25, -0.2) is 0 Å². The van der Waals surface area contributed by atoms with Crippen molar-refractivity contribution in [3.05, 3.63) is 64.7 Å². The third-order valence-electron chi connectivity index (χ3n) is 4.52. The Kier molecular flexibility index (Phi) is 7.05. The molecule has 0 bridgehead atoms. The molecule has 0 saturated carbocycles. The van der Waals surface area contributed by atoms with Crippen LogP contribution in [0.5, 0.6) is 5.75 Å². The van der Waals surface area contributed by atoms with Crippen LogP contribution in [0.3, 0.4) is 0 Å². The van der Waals surface area contributed by atoms with Crippen LogP contribution in [-0.4, -0.2) is 19.1 Å². The first kappa shape index (κ1) is 19.0. The van der Waals surface area contributed by atoms with E-state index in [2.05, 4.69) is 43.4 Å². The Morgan fingerprint density at radius 2 is 1.80 bits per heavy atom. The van der Waals surface area contributed by atoms with Crippen molar-refractivity contribution < 1.29 is 9.53 Å². The van der Waals surface area contributed by atoms with E-state index in [-0.39, 0.29) is 12.5 Å². The lowest BCUT2D eigenvalue weighted by Crippen LogP contribution is -2.30. The van der Waals surface area contributed by atoms with E-state index in [0.717, 1.165) is 24.2 Å². The Hall–Kier alpha value is -2.29. The third-order valence-corrected chi connectivity index (χ3v) is 4.52. The molecule has 0 unspecified atom stereocenters. The topological polar surface area (TPSA) is 38.3 Å². The summed E-state index contributed by atoms with van der Waals surface area (Å²) in [4.78, 5) is 11.9. The van der Waals surface area contributed by atoms with Gasteiger partial charge in [-0.1, -0.05) is 50.2 Å². The Morgan fingerprint density at radius 3 is 2.48 bits per heavy atom. The SMILES string of the molecule is Cc1cccc(OCC(=O)NCCCc2ccc(C(C)C)cc2)c1C. The fraction of sp³-hybridized carbons (Fsp3) is 0.409. The van der Waals surface area contributed by atoms with Crippen LogP contribution in [0.15, 0.2) is 42.5 Å². The Morgan fingerprint density at radius 1 is 1.08 bits per heavy atom. The average Bonchev–Trinajstić information content (AvgIpc) is 2.60. The van der Waals surface area contributed by atoms with Gasteiger partial charge in [0.2, 0.25) is 0 Å². The quantitative estimate of drug-likeness (QED) is 0.716. The van der Waals surface area contributed by atoms with Gasteiger partial charge in [-0.15, -0.1) is 0 Å². The van der Waals surface area contributed by atoms with Crippen molar-refractivity contribution in [3.8, 4) is 5.75 Å². The van der Waals surface area contributed by atoms with Crippen molar-refractivity contribution >= 4 is 5.91 Å². The van der Waals surface area contributed by atoms with Crippen LogP contribution in [0, 0.1) is 13.8 Å². The Bertz CT molecular complexity index is 690. The maximum atomic E-state index is 11.9. The molecule has 1 amide bonds. The predicted molar refractivity (Wildman–Crippen MR) is 103 cm³/mol. The molecule has 0 aliphatic rings. The maximum absolute atomic E-state index is 11.9. The molecule has 2 rings (SSSR count). The zero-order chi connectivity index (χ0) is 18.2. The number of rotatable bonds is 8. The number of nitrogens with one attached hydrogen (secondary N) is 1. The lowest BCUT2D eigenvalue weighted by Gasteiger charge is -2.11. The fourth-order valence-electron chi connectivity index (χ4n) is 2.66. The second-order valence-corrected chi connectivity index (χ2v) is 6.84. The Balaban J connectivity index is 1.67. The molecule has 0 atom stereocenters. The molecule has 25 heavy (non-hydrogen) atoms. The van der Waals surface area contributed by atoms with E-state index in [0.29, 0.717) is 12.5 Å². The second kappa shape index (κ2) is 9.26. The summed E-state index contributed by atoms with van der Waals surface area (Å²) in [6.07, 6.45) is 1.90. The van der Waals surface area contributed by atoms with E-state index in [9.17, 15) is 4.79 Å². The molecule has 3 heteroatoms. The normalized spacial score (nSPS) is 10.8. The standard InChI is InChI=1S/C22H29NO2/c1-16(2)20-12-10-19(11-13-20)8-6-14-23-22(24)15-25-21-9-5-7-17(3)18(21)4/h5,7,9-13,16H,6,8,14-15H2,1-4H3,(H,23,24). The molecule has 0 fully saturated rings. The summed E-state index contributed by atoms with van der Waals surface area (Å²) >= 11 is 0. The highest BCUT2D eigenvalue weighted by molar-refractivity contribution is 5.77. The van der Waals surface area contributed by atoms with E-state index in [1.54, 1.807) is 0 Å². The monoisotopic (exact) mass is 339 g/mol. The van der Waals surface area contributed by atoms with Crippen LogP contribution in [0.1, 0.15) is 48.4 Å². The van der Waals surface area contributed by atoms with E-state index in [1.807, 2.05) is 32.0 Å². The fourth-order valence-corrected chi connectivity index (χ4v) is 2.66. The summed E-state index contributed by atoms with van der Waals surface area (Å²) in [5.74, 6) is 1.27. The molecule has 0 aliphatic heterocycles. The summed E-state index contributed by atoms with van der Waals surface area (Å²) in [5.41, 5.74) is 4.92. The number of carbonyl (C=O) groups is 1. The smallest absolute Gasteiger partial charge is 0.257 e. The minimum Gasteiger partial charge on any atom is -0.483 e. The minimum atomic E-state index is -0.0731. The van der Waals surface area contributed by atoms with Crippen LogP contribution < -0.4 is 10.1 Å². The van der Waals surface area contributed by atoms with Crippen LogP contribution in [0.4, 0.5) is 0 Å². The number of ether oxygens (including phenoxy) is 1. The highest BCUT2D eigenvalue weighted by Crippen LogP contribution is 2.20. The summed E-state index contributed by atoms with van der Waals surface area (Å²) < 4.78 is 5.62. The maximum Gasteiger partial charge on any atom is 0.257 e. The largest absolute Gasteiger partial charge is 0.483 e. The zero-order valence-corrected chi connectivity index (χ0v) is 15.8. The summed E-state index contributed by atoms with van der Waals surface area (Å²) in [6.45, 7) is 9.17. The first-order chi connectivity index (χ1) is 12.0. The third kappa shape index (κ3) is 5.93. The van der Waals surface area contributed by atoms with Crippen LogP contribution >= 0.6 is 0 Å². The predicted octanol–water partition coefficient (Wildman–Crippen LogP) is 4.55. The molecule has 2 aromatic rings. The lowest BCUT2D eigenvalue weighted by molar-refractivity contribution is -0.123. The van der Waals surface area contributed by atoms with Gasteiger partial charge in [-0.2, -0.15) is 0 Å². The van der Waals surface area contributed by atoms with Gasteiger partial charge in [0.1, 0.15) is 5.75 Å². The van der Waals surface area contributed by atoms with Gasteiger partial charge in [0, 0.05) is 6.54 Å². The number of hydrogen-bond acceptors (Lipinski definition) is 2. The van der Waals surface area contributed by atoms with Gasteiger partial charge in [-0.05, 0) is 60.9 Å². The molecule has 0 spiro atoms. The number of benzene rings is 2. The molecule has 0 aliphatic carbocycles. The molecule has 0 saturated heterocycles. The Labute approximate surface area is 151 Å².